The summed E-state index contributed by atoms with van der Waals surface area (Å²) in [5.41, 5.74) is 11.1. The Morgan fingerprint density at radius 3 is 2.64 bits per heavy atom. The molecule has 2 aromatic carbocycles. The van der Waals surface area contributed by atoms with Gasteiger partial charge in [0.15, 0.2) is 11.6 Å². The number of nitrogens with zero attached hydrogens (tertiary/aromatic N) is 3. The second-order valence-electron chi connectivity index (χ2n) is 9.56. The van der Waals surface area contributed by atoms with Crippen molar-refractivity contribution in [3.63, 3.8) is 0 Å². The fourth-order valence-corrected chi connectivity index (χ4v) is 5.35. The molecule has 1 spiro atoms. The van der Waals surface area contributed by atoms with Crippen LogP contribution >= 0.6 is 0 Å². The van der Waals surface area contributed by atoms with Crippen LogP contribution in [0.2, 0.25) is 0 Å². The molecule has 184 valence electrons. The van der Waals surface area contributed by atoms with Crippen molar-refractivity contribution in [2.75, 3.05) is 24.6 Å². The standard InChI is InChI=1S/C29H30N4O3/c1-20(35)21-8-10-24(11-9-21)36-16-4-6-23-18-31-28(26(19-34)32-23)33-14-12-29(13-15-33)17-22-5-2-3-7-25(22)27(29)30/h2-3,5,7-11,18,27,34H,12-17,19,30H2,1H3/t27-/m1/s1. The van der Waals surface area contributed by atoms with Gasteiger partial charge in [0.2, 0.25) is 0 Å². The summed E-state index contributed by atoms with van der Waals surface area (Å²) in [5, 5.41) is 9.97. The van der Waals surface area contributed by atoms with Gasteiger partial charge in [-0.2, -0.15) is 0 Å². The van der Waals surface area contributed by atoms with E-state index in [1.165, 1.54) is 18.1 Å². The SMILES string of the molecule is CC(=O)c1ccc(OCC#Cc2cnc(N3CCC4(CC3)Cc3ccccc3[C@H]4N)c(CO)n2)cc1. The molecule has 0 amide bonds. The fourth-order valence-electron chi connectivity index (χ4n) is 5.35. The van der Waals surface area contributed by atoms with Crippen molar-refractivity contribution in [3.8, 4) is 17.6 Å². The third kappa shape index (κ3) is 4.70. The van der Waals surface area contributed by atoms with Gasteiger partial charge in [0.05, 0.1) is 12.8 Å². The largest absolute Gasteiger partial charge is 0.481 e. The number of aromatic nitrogens is 2. The highest BCUT2D eigenvalue weighted by Gasteiger charge is 2.46. The molecule has 1 atom stereocenters. The molecule has 1 saturated heterocycles. The Balaban J connectivity index is 1.21. The van der Waals surface area contributed by atoms with Crippen molar-refractivity contribution < 1.29 is 14.6 Å². The van der Waals surface area contributed by atoms with E-state index in [2.05, 4.69) is 51.0 Å². The molecule has 2 heterocycles. The molecule has 7 heteroatoms. The van der Waals surface area contributed by atoms with E-state index < -0.39 is 0 Å². The number of anilines is 1. The number of Topliss-reactive ketones (excluding diaryl/α,β-unsaturated/α-hetero) is 1. The van der Waals surface area contributed by atoms with Crippen LogP contribution in [0.15, 0.2) is 54.7 Å². The van der Waals surface area contributed by atoms with Crippen LogP contribution in [0, 0.1) is 17.3 Å². The molecule has 7 nitrogen and oxygen atoms in total. The second kappa shape index (κ2) is 10.1. The average Bonchev–Trinajstić information content (AvgIpc) is 3.18. The summed E-state index contributed by atoms with van der Waals surface area (Å²) in [6.07, 6.45) is 4.61. The van der Waals surface area contributed by atoms with Crippen molar-refractivity contribution in [2.45, 2.75) is 38.8 Å². The van der Waals surface area contributed by atoms with E-state index in [9.17, 15) is 9.90 Å². The van der Waals surface area contributed by atoms with Crippen LogP contribution in [0.5, 0.6) is 5.75 Å². The number of aliphatic hydroxyl groups excluding tert-OH is 1. The van der Waals surface area contributed by atoms with Gasteiger partial charge in [-0.05, 0) is 72.9 Å². The number of aliphatic hydroxyl groups is 1. The van der Waals surface area contributed by atoms with E-state index in [1.54, 1.807) is 30.5 Å². The zero-order valence-corrected chi connectivity index (χ0v) is 20.4. The monoisotopic (exact) mass is 482 g/mol. The number of carbonyl (C=O) groups is 1. The molecule has 1 aliphatic carbocycles. The lowest BCUT2D eigenvalue weighted by atomic mass is 9.73. The number of piperidine rings is 1. The van der Waals surface area contributed by atoms with Crippen LogP contribution in [-0.4, -0.2) is 40.6 Å². The lowest BCUT2D eigenvalue weighted by molar-refractivity contribution is 0.101. The second-order valence-corrected chi connectivity index (χ2v) is 9.56. The molecule has 36 heavy (non-hydrogen) atoms. The summed E-state index contributed by atoms with van der Waals surface area (Å²) in [6, 6.07) is 15.5. The van der Waals surface area contributed by atoms with Gasteiger partial charge in [0.1, 0.15) is 23.7 Å². The number of benzene rings is 2. The summed E-state index contributed by atoms with van der Waals surface area (Å²) in [7, 11) is 0. The van der Waals surface area contributed by atoms with Crippen molar-refractivity contribution in [2.24, 2.45) is 11.1 Å². The van der Waals surface area contributed by atoms with Gasteiger partial charge in [-0.15, -0.1) is 0 Å². The number of ether oxygens (including phenoxy) is 1. The van der Waals surface area contributed by atoms with E-state index in [0.29, 0.717) is 28.5 Å². The quantitative estimate of drug-likeness (QED) is 0.424. The number of nitrogens with two attached hydrogens (primary N) is 1. The number of fused-ring (bicyclic) bond motifs is 1. The molecule has 1 aliphatic heterocycles. The Bertz CT molecular complexity index is 1320. The van der Waals surface area contributed by atoms with Crippen LogP contribution in [0.1, 0.15) is 58.7 Å². The Labute approximate surface area is 211 Å². The zero-order valence-electron chi connectivity index (χ0n) is 20.4. The fraction of sp³-hybridized carbons (Fsp3) is 0.345. The molecule has 3 N–H and O–H groups in total. The van der Waals surface area contributed by atoms with Gasteiger partial charge in [0.25, 0.3) is 0 Å². The number of ketones is 1. The lowest BCUT2D eigenvalue weighted by Crippen LogP contribution is -2.45. The first-order chi connectivity index (χ1) is 17.5. The number of rotatable bonds is 5. The Morgan fingerprint density at radius 1 is 1.19 bits per heavy atom. The predicted molar refractivity (Wildman–Crippen MR) is 138 cm³/mol. The molecule has 0 unspecified atom stereocenters. The number of hydrogen-bond acceptors (Lipinski definition) is 7. The first-order valence-electron chi connectivity index (χ1n) is 12.3. The van der Waals surface area contributed by atoms with Crippen LogP contribution < -0.4 is 15.4 Å². The molecule has 1 fully saturated rings. The Kier molecular flexibility index (Phi) is 6.73. The molecule has 0 radical (unpaired) electrons. The minimum atomic E-state index is -0.205. The Morgan fingerprint density at radius 2 is 1.94 bits per heavy atom. The summed E-state index contributed by atoms with van der Waals surface area (Å²) >= 11 is 0. The molecule has 2 aliphatic rings. The molecule has 5 rings (SSSR count). The highest BCUT2D eigenvalue weighted by atomic mass is 16.5. The highest BCUT2D eigenvalue weighted by Crippen LogP contribution is 2.50. The topological polar surface area (TPSA) is 102 Å². The minimum Gasteiger partial charge on any atom is -0.481 e. The molecule has 1 aromatic heterocycles. The highest BCUT2D eigenvalue weighted by molar-refractivity contribution is 5.94. The van der Waals surface area contributed by atoms with Crippen LogP contribution in [0.4, 0.5) is 5.82 Å². The third-order valence-corrected chi connectivity index (χ3v) is 7.41. The summed E-state index contributed by atoms with van der Waals surface area (Å²) < 4.78 is 5.61. The molecule has 0 bridgehead atoms. The molecular weight excluding hydrogens is 452 g/mol. The van der Waals surface area contributed by atoms with E-state index in [-0.39, 0.29) is 30.5 Å². The molecule has 3 aromatic rings. The maximum Gasteiger partial charge on any atom is 0.159 e. The van der Waals surface area contributed by atoms with Crippen molar-refractivity contribution in [3.05, 3.63) is 82.8 Å². The molecule has 0 saturated carbocycles. The number of carbonyl (C=O) groups excluding carboxylic acids is 1. The maximum atomic E-state index is 11.4. The van der Waals surface area contributed by atoms with Gasteiger partial charge in [-0.1, -0.05) is 30.2 Å². The summed E-state index contributed by atoms with van der Waals surface area (Å²) in [4.78, 5) is 22.7. The summed E-state index contributed by atoms with van der Waals surface area (Å²) in [6.45, 7) is 3.15. The first kappa shape index (κ1) is 24.0. The normalized spacial score (nSPS) is 17.9. The van der Waals surface area contributed by atoms with Crippen molar-refractivity contribution in [1.29, 1.82) is 0 Å². The average molecular weight is 483 g/mol. The lowest BCUT2D eigenvalue weighted by Gasteiger charge is -2.42. The van der Waals surface area contributed by atoms with Gasteiger partial charge >= 0.3 is 0 Å². The van der Waals surface area contributed by atoms with E-state index >= 15 is 0 Å². The van der Waals surface area contributed by atoms with Crippen LogP contribution in [0.25, 0.3) is 0 Å². The first-order valence-corrected chi connectivity index (χ1v) is 12.3. The maximum absolute atomic E-state index is 11.4. The van der Waals surface area contributed by atoms with E-state index in [0.717, 1.165) is 32.4 Å². The minimum absolute atomic E-state index is 0.0137. The predicted octanol–water partition coefficient (Wildman–Crippen LogP) is 3.44. The molecular formula is C29H30N4O3. The van der Waals surface area contributed by atoms with E-state index in [4.69, 9.17) is 10.5 Å². The number of hydrogen-bond donors (Lipinski definition) is 2. The zero-order chi connectivity index (χ0) is 25.1. The van der Waals surface area contributed by atoms with Crippen LogP contribution in [0.3, 0.4) is 0 Å². The van der Waals surface area contributed by atoms with E-state index in [1.807, 2.05) is 0 Å². The van der Waals surface area contributed by atoms with Crippen molar-refractivity contribution in [1.82, 2.24) is 9.97 Å². The van der Waals surface area contributed by atoms with Gasteiger partial charge in [-0.25, -0.2) is 9.97 Å². The smallest absolute Gasteiger partial charge is 0.159 e. The third-order valence-electron chi connectivity index (χ3n) is 7.41. The Hall–Kier alpha value is -3.73. The van der Waals surface area contributed by atoms with Crippen LogP contribution in [-0.2, 0) is 13.0 Å². The van der Waals surface area contributed by atoms with Crippen molar-refractivity contribution >= 4 is 11.6 Å². The van der Waals surface area contributed by atoms with Gasteiger partial charge < -0.3 is 20.5 Å². The van der Waals surface area contributed by atoms with Gasteiger partial charge in [-0.3, -0.25) is 4.79 Å². The van der Waals surface area contributed by atoms with Gasteiger partial charge in [0, 0.05) is 24.7 Å². The summed E-state index contributed by atoms with van der Waals surface area (Å²) in [5.74, 6) is 7.25.